The van der Waals surface area contributed by atoms with Crippen LogP contribution in [0.2, 0.25) is 0 Å². The molecule has 0 bridgehead atoms. The van der Waals surface area contributed by atoms with Gasteiger partial charge in [-0.25, -0.2) is 4.79 Å². The van der Waals surface area contributed by atoms with Crippen molar-refractivity contribution in [2.24, 2.45) is 0 Å². The fourth-order valence-electron chi connectivity index (χ4n) is 2.24. The number of amides is 1. The van der Waals surface area contributed by atoms with Gasteiger partial charge in [0.1, 0.15) is 5.60 Å². The Kier molecular flexibility index (Phi) is 5.60. The van der Waals surface area contributed by atoms with Crippen LogP contribution in [0.25, 0.3) is 0 Å². The molecule has 1 fully saturated rings. The van der Waals surface area contributed by atoms with E-state index < -0.39 is 5.60 Å². The van der Waals surface area contributed by atoms with Crippen molar-refractivity contribution in [2.75, 3.05) is 13.2 Å². The van der Waals surface area contributed by atoms with Crippen LogP contribution in [-0.2, 0) is 4.74 Å². The fraction of sp³-hybridized carbons (Fsp3) is 0.667. The molecule has 1 saturated heterocycles. The summed E-state index contributed by atoms with van der Waals surface area (Å²) in [6, 6.07) is 0.0823. The second-order valence-corrected chi connectivity index (χ2v) is 5.85. The highest BCUT2D eigenvalue weighted by Gasteiger charge is 2.31. The maximum absolute atomic E-state index is 12.2. The number of ether oxygens (including phenoxy) is 1. The van der Waals surface area contributed by atoms with Crippen molar-refractivity contribution in [3.05, 3.63) is 24.3 Å². The second-order valence-electron chi connectivity index (χ2n) is 5.85. The van der Waals surface area contributed by atoms with E-state index in [1.165, 1.54) is 5.57 Å². The SMILES string of the molecule is C=CCC1CC(=CCO)CCN1C(=O)OC(C)(C)C. The zero-order valence-corrected chi connectivity index (χ0v) is 12.2. The molecule has 0 aromatic heterocycles. The van der Waals surface area contributed by atoms with Crippen LogP contribution in [0.1, 0.15) is 40.0 Å². The lowest BCUT2D eigenvalue weighted by molar-refractivity contribution is 0.0136. The predicted molar refractivity (Wildman–Crippen MR) is 75.9 cm³/mol. The fourth-order valence-corrected chi connectivity index (χ4v) is 2.24. The molecule has 1 atom stereocenters. The molecule has 1 amide bonds. The smallest absolute Gasteiger partial charge is 0.410 e. The Morgan fingerprint density at radius 3 is 2.79 bits per heavy atom. The van der Waals surface area contributed by atoms with Gasteiger partial charge in [0.2, 0.25) is 0 Å². The largest absolute Gasteiger partial charge is 0.444 e. The van der Waals surface area contributed by atoms with Gasteiger partial charge in [-0.05, 0) is 40.0 Å². The van der Waals surface area contributed by atoms with E-state index in [4.69, 9.17) is 9.84 Å². The first kappa shape index (κ1) is 15.8. The average molecular weight is 267 g/mol. The van der Waals surface area contributed by atoms with E-state index in [-0.39, 0.29) is 18.7 Å². The van der Waals surface area contributed by atoms with Crippen LogP contribution in [0.4, 0.5) is 4.79 Å². The highest BCUT2D eigenvalue weighted by atomic mass is 16.6. The lowest BCUT2D eigenvalue weighted by atomic mass is 9.94. The molecule has 108 valence electrons. The molecule has 0 radical (unpaired) electrons. The quantitative estimate of drug-likeness (QED) is 0.800. The molecule has 0 spiro atoms. The van der Waals surface area contributed by atoms with Gasteiger partial charge >= 0.3 is 6.09 Å². The number of aliphatic hydroxyl groups is 1. The molecule has 1 unspecified atom stereocenters. The number of hydrogen-bond donors (Lipinski definition) is 1. The van der Waals surface area contributed by atoms with Crippen molar-refractivity contribution >= 4 is 6.09 Å². The first-order valence-corrected chi connectivity index (χ1v) is 6.76. The predicted octanol–water partition coefficient (Wildman–Crippen LogP) is 2.88. The van der Waals surface area contributed by atoms with Gasteiger partial charge in [0.05, 0.1) is 6.61 Å². The second kappa shape index (κ2) is 6.75. The van der Waals surface area contributed by atoms with E-state index in [0.717, 1.165) is 19.3 Å². The minimum Gasteiger partial charge on any atom is -0.444 e. The molecule has 19 heavy (non-hydrogen) atoms. The van der Waals surface area contributed by atoms with Gasteiger partial charge < -0.3 is 14.7 Å². The number of carbonyl (C=O) groups is 1. The molecule has 4 heteroatoms. The van der Waals surface area contributed by atoms with Crippen molar-refractivity contribution in [1.29, 1.82) is 0 Å². The van der Waals surface area contributed by atoms with Crippen molar-refractivity contribution in [2.45, 2.75) is 51.7 Å². The van der Waals surface area contributed by atoms with Crippen LogP contribution >= 0.6 is 0 Å². The summed E-state index contributed by atoms with van der Waals surface area (Å²) in [5.74, 6) is 0. The Balaban J connectivity index is 2.74. The minimum atomic E-state index is -0.475. The molecule has 0 aliphatic carbocycles. The minimum absolute atomic E-state index is 0.0581. The highest BCUT2D eigenvalue weighted by Crippen LogP contribution is 2.26. The van der Waals surface area contributed by atoms with Crippen molar-refractivity contribution in [3.63, 3.8) is 0 Å². The van der Waals surface area contributed by atoms with Crippen LogP contribution in [0.3, 0.4) is 0 Å². The van der Waals surface area contributed by atoms with Crippen LogP contribution in [-0.4, -0.2) is 40.9 Å². The van der Waals surface area contributed by atoms with Crippen LogP contribution in [0.5, 0.6) is 0 Å². The average Bonchev–Trinajstić information content (AvgIpc) is 2.27. The van der Waals surface area contributed by atoms with E-state index in [0.29, 0.717) is 6.54 Å². The standard InChI is InChI=1S/C15H25NO3/c1-5-6-13-11-12(8-10-17)7-9-16(13)14(18)19-15(2,3)4/h5,8,13,17H,1,6-7,9-11H2,2-4H3. The van der Waals surface area contributed by atoms with Crippen molar-refractivity contribution in [3.8, 4) is 0 Å². The molecule has 0 saturated carbocycles. The van der Waals surface area contributed by atoms with Crippen molar-refractivity contribution < 1.29 is 14.6 Å². The monoisotopic (exact) mass is 267 g/mol. The van der Waals surface area contributed by atoms with Gasteiger partial charge in [-0.1, -0.05) is 17.7 Å². The van der Waals surface area contributed by atoms with Crippen LogP contribution < -0.4 is 0 Å². The molecule has 0 aromatic rings. The number of piperidine rings is 1. The zero-order valence-electron chi connectivity index (χ0n) is 12.2. The third-order valence-electron chi connectivity index (χ3n) is 3.06. The highest BCUT2D eigenvalue weighted by molar-refractivity contribution is 5.69. The molecule has 1 aliphatic heterocycles. The Bertz CT molecular complexity index is 355. The molecular formula is C15H25NO3. The summed E-state index contributed by atoms with van der Waals surface area (Å²) in [6.45, 7) is 10.1. The van der Waals surface area contributed by atoms with Gasteiger partial charge in [-0.3, -0.25) is 0 Å². The number of nitrogens with zero attached hydrogens (tertiary/aromatic N) is 1. The molecule has 1 N–H and O–H groups in total. The normalized spacial score (nSPS) is 22.4. The number of aliphatic hydroxyl groups excluding tert-OH is 1. The number of rotatable bonds is 3. The summed E-state index contributed by atoms with van der Waals surface area (Å²) < 4.78 is 5.43. The molecule has 0 aromatic carbocycles. The van der Waals surface area contributed by atoms with Gasteiger partial charge in [0, 0.05) is 12.6 Å². The third kappa shape index (κ3) is 5.07. The van der Waals surface area contributed by atoms with E-state index >= 15 is 0 Å². The van der Waals surface area contributed by atoms with E-state index in [9.17, 15) is 4.79 Å². The lowest BCUT2D eigenvalue weighted by Gasteiger charge is -2.37. The number of carbonyl (C=O) groups excluding carboxylic acids is 1. The summed E-state index contributed by atoms with van der Waals surface area (Å²) in [5, 5.41) is 8.96. The lowest BCUT2D eigenvalue weighted by Crippen LogP contribution is -2.46. The third-order valence-corrected chi connectivity index (χ3v) is 3.06. The van der Waals surface area contributed by atoms with Crippen LogP contribution in [0, 0.1) is 0 Å². The van der Waals surface area contributed by atoms with Gasteiger partial charge in [0.15, 0.2) is 0 Å². The summed E-state index contributed by atoms with van der Waals surface area (Å²) in [6.07, 6.45) is 5.72. The molecule has 4 nitrogen and oxygen atoms in total. The number of likely N-dealkylation sites (tertiary alicyclic amines) is 1. The Morgan fingerprint density at radius 2 is 2.26 bits per heavy atom. The Labute approximate surface area is 115 Å². The first-order chi connectivity index (χ1) is 8.87. The summed E-state index contributed by atoms with van der Waals surface area (Å²) in [5.41, 5.74) is 0.728. The number of hydrogen-bond acceptors (Lipinski definition) is 3. The van der Waals surface area contributed by atoms with E-state index in [1.54, 1.807) is 4.90 Å². The maximum Gasteiger partial charge on any atom is 0.410 e. The summed E-state index contributed by atoms with van der Waals surface area (Å²) in [4.78, 5) is 13.9. The molecule has 1 heterocycles. The first-order valence-electron chi connectivity index (χ1n) is 6.76. The van der Waals surface area contributed by atoms with Gasteiger partial charge in [-0.2, -0.15) is 0 Å². The van der Waals surface area contributed by atoms with Crippen molar-refractivity contribution in [1.82, 2.24) is 4.90 Å². The zero-order chi connectivity index (χ0) is 14.5. The maximum atomic E-state index is 12.2. The van der Waals surface area contributed by atoms with E-state index in [1.807, 2.05) is 32.9 Å². The summed E-state index contributed by atoms with van der Waals surface area (Å²) in [7, 11) is 0. The van der Waals surface area contributed by atoms with Gasteiger partial charge in [0.25, 0.3) is 0 Å². The Hall–Kier alpha value is -1.29. The molecule has 1 aliphatic rings. The van der Waals surface area contributed by atoms with E-state index in [2.05, 4.69) is 6.58 Å². The summed E-state index contributed by atoms with van der Waals surface area (Å²) >= 11 is 0. The Morgan fingerprint density at radius 1 is 1.58 bits per heavy atom. The topological polar surface area (TPSA) is 49.8 Å². The molecular weight excluding hydrogens is 242 g/mol. The van der Waals surface area contributed by atoms with Gasteiger partial charge in [-0.15, -0.1) is 6.58 Å². The molecule has 1 rings (SSSR count). The van der Waals surface area contributed by atoms with Crippen LogP contribution in [0.15, 0.2) is 24.3 Å².